The molecule has 0 heterocycles. The minimum atomic E-state index is 0.538. The maximum Gasteiger partial charge on any atom is -0.0380 e. The number of rotatable bonds is 2. The standard InChI is InChI=1S/C14H28/c1-5-12-7-6-8-13(10-9-12)11-14(2,3)4/h12-13H,5-11H2,1-4H3. The molecule has 14 heavy (non-hydrogen) atoms. The maximum absolute atomic E-state index is 2.38. The molecule has 1 saturated carbocycles. The van der Waals surface area contributed by atoms with Crippen LogP contribution in [0.25, 0.3) is 0 Å². The van der Waals surface area contributed by atoms with E-state index in [-0.39, 0.29) is 0 Å². The summed E-state index contributed by atoms with van der Waals surface area (Å²) in [6.45, 7) is 9.51. The van der Waals surface area contributed by atoms with Gasteiger partial charge in [0.15, 0.2) is 0 Å². The second-order valence-electron chi connectivity index (χ2n) is 6.41. The smallest absolute Gasteiger partial charge is 0.0380 e. The lowest BCUT2D eigenvalue weighted by atomic mass is 9.81. The van der Waals surface area contributed by atoms with E-state index in [1.54, 1.807) is 0 Å². The van der Waals surface area contributed by atoms with Gasteiger partial charge < -0.3 is 0 Å². The first-order valence-corrected chi connectivity index (χ1v) is 6.51. The van der Waals surface area contributed by atoms with Gasteiger partial charge in [0.1, 0.15) is 0 Å². The van der Waals surface area contributed by atoms with E-state index in [0.29, 0.717) is 5.41 Å². The molecule has 1 rings (SSSR count). The van der Waals surface area contributed by atoms with Crippen LogP contribution in [0.5, 0.6) is 0 Å². The first-order chi connectivity index (χ1) is 6.51. The van der Waals surface area contributed by atoms with Crippen molar-refractivity contribution < 1.29 is 0 Å². The lowest BCUT2D eigenvalue weighted by molar-refractivity contribution is 0.270. The topological polar surface area (TPSA) is 0 Å². The molecule has 1 aliphatic carbocycles. The third-order valence-corrected chi connectivity index (χ3v) is 3.69. The monoisotopic (exact) mass is 196 g/mol. The average molecular weight is 196 g/mol. The summed E-state index contributed by atoms with van der Waals surface area (Å²) in [5.74, 6) is 2.06. The van der Waals surface area contributed by atoms with E-state index in [1.807, 2.05) is 0 Å². The summed E-state index contributed by atoms with van der Waals surface area (Å²) in [7, 11) is 0. The maximum atomic E-state index is 2.38. The van der Waals surface area contributed by atoms with Crippen molar-refractivity contribution in [2.24, 2.45) is 17.3 Å². The Hall–Kier alpha value is 0. The molecule has 0 N–H and O–H groups in total. The molecule has 0 amide bonds. The van der Waals surface area contributed by atoms with Crippen LogP contribution in [0.2, 0.25) is 0 Å². The lowest BCUT2D eigenvalue weighted by Gasteiger charge is -2.25. The zero-order valence-corrected chi connectivity index (χ0v) is 10.6. The van der Waals surface area contributed by atoms with Crippen molar-refractivity contribution in [3.8, 4) is 0 Å². The fourth-order valence-corrected chi connectivity index (χ4v) is 2.93. The first kappa shape index (κ1) is 12.1. The van der Waals surface area contributed by atoms with E-state index in [2.05, 4.69) is 27.7 Å². The molecule has 0 radical (unpaired) electrons. The van der Waals surface area contributed by atoms with E-state index in [4.69, 9.17) is 0 Å². The molecule has 2 unspecified atom stereocenters. The highest BCUT2D eigenvalue weighted by atomic mass is 14.3. The molecule has 0 aromatic heterocycles. The van der Waals surface area contributed by atoms with Crippen LogP contribution in [0.1, 0.15) is 72.6 Å². The predicted molar refractivity (Wildman–Crippen MR) is 64.4 cm³/mol. The molecular formula is C14H28. The van der Waals surface area contributed by atoms with Crippen LogP contribution in [0.3, 0.4) is 0 Å². The summed E-state index contributed by atoms with van der Waals surface area (Å²) in [6.07, 6.45) is 10.3. The molecular weight excluding hydrogens is 168 g/mol. The number of hydrogen-bond donors (Lipinski definition) is 0. The minimum Gasteiger partial charge on any atom is -0.0651 e. The quantitative estimate of drug-likeness (QED) is 0.543. The molecule has 0 heteroatoms. The highest BCUT2D eigenvalue weighted by molar-refractivity contribution is 4.74. The third kappa shape index (κ3) is 4.48. The summed E-state index contributed by atoms with van der Waals surface area (Å²) in [4.78, 5) is 0. The summed E-state index contributed by atoms with van der Waals surface area (Å²) in [5, 5.41) is 0. The fourth-order valence-electron chi connectivity index (χ4n) is 2.93. The highest BCUT2D eigenvalue weighted by Gasteiger charge is 2.22. The van der Waals surface area contributed by atoms with Gasteiger partial charge in [-0.2, -0.15) is 0 Å². The zero-order valence-electron chi connectivity index (χ0n) is 10.6. The second-order valence-corrected chi connectivity index (χ2v) is 6.41. The summed E-state index contributed by atoms with van der Waals surface area (Å²) in [5.41, 5.74) is 0.538. The van der Waals surface area contributed by atoms with E-state index >= 15 is 0 Å². The number of hydrogen-bond acceptors (Lipinski definition) is 0. The normalized spacial score (nSPS) is 30.0. The van der Waals surface area contributed by atoms with Crippen molar-refractivity contribution in [2.75, 3.05) is 0 Å². The van der Waals surface area contributed by atoms with Crippen LogP contribution in [0.15, 0.2) is 0 Å². The lowest BCUT2D eigenvalue weighted by Crippen LogP contribution is -2.12. The molecule has 0 aliphatic heterocycles. The summed E-state index contributed by atoms with van der Waals surface area (Å²) < 4.78 is 0. The van der Waals surface area contributed by atoms with Gasteiger partial charge in [0, 0.05) is 0 Å². The van der Waals surface area contributed by atoms with Crippen molar-refractivity contribution in [2.45, 2.75) is 72.6 Å². The summed E-state index contributed by atoms with van der Waals surface area (Å²) >= 11 is 0. The van der Waals surface area contributed by atoms with Crippen LogP contribution < -0.4 is 0 Å². The van der Waals surface area contributed by atoms with Gasteiger partial charge in [-0.25, -0.2) is 0 Å². The molecule has 1 fully saturated rings. The van der Waals surface area contributed by atoms with E-state index in [0.717, 1.165) is 11.8 Å². The van der Waals surface area contributed by atoms with Crippen LogP contribution in [0, 0.1) is 17.3 Å². The predicted octanol–water partition coefficient (Wildman–Crippen LogP) is 5.03. The van der Waals surface area contributed by atoms with Crippen molar-refractivity contribution in [1.82, 2.24) is 0 Å². The fraction of sp³-hybridized carbons (Fsp3) is 1.00. The molecule has 0 aromatic rings. The Morgan fingerprint density at radius 3 is 2.07 bits per heavy atom. The molecule has 0 aromatic carbocycles. The second kappa shape index (κ2) is 5.19. The van der Waals surface area contributed by atoms with Crippen LogP contribution in [0.4, 0.5) is 0 Å². The Bertz CT molecular complexity index is 152. The minimum absolute atomic E-state index is 0.538. The van der Waals surface area contributed by atoms with Crippen molar-refractivity contribution in [3.05, 3.63) is 0 Å². The zero-order chi connectivity index (χ0) is 10.6. The SMILES string of the molecule is CCC1CCCC(CC(C)(C)C)CC1. The molecule has 2 atom stereocenters. The van der Waals surface area contributed by atoms with Crippen LogP contribution in [-0.2, 0) is 0 Å². The Morgan fingerprint density at radius 1 is 0.929 bits per heavy atom. The molecule has 84 valence electrons. The summed E-state index contributed by atoms with van der Waals surface area (Å²) in [6, 6.07) is 0. The Kier molecular flexibility index (Phi) is 4.47. The third-order valence-electron chi connectivity index (χ3n) is 3.69. The van der Waals surface area contributed by atoms with Gasteiger partial charge >= 0.3 is 0 Å². The van der Waals surface area contributed by atoms with Gasteiger partial charge in [-0.3, -0.25) is 0 Å². The Morgan fingerprint density at radius 2 is 1.50 bits per heavy atom. The first-order valence-electron chi connectivity index (χ1n) is 6.51. The largest absolute Gasteiger partial charge is 0.0651 e. The van der Waals surface area contributed by atoms with Crippen molar-refractivity contribution in [3.63, 3.8) is 0 Å². The van der Waals surface area contributed by atoms with Gasteiger partial charge in [0.05, 0.1) is 0 Å². The van der Waals surface area contributed by atoms with Crippen molar-refractivity contribution >= 4 is 0 Å². The molecule has 0 spiro atoms. The molecule has 0 saturated heterocycles. The van der Waals surface area contributed by atoms with E-state index in [1.165, 1.54) is 44.9 Å². The van der Waals surface area contributed by atoms with Crippen LogP contribution in [-0.4, -0.2) is 0 Å². The highest BCUT2D eigenvalue weighted by Crippen LogP contribution is 2.35. The molecule has 1 aliphatic rings. The van der Waals surface area contributed by atoms with Gasteiger partial charge in [-0.05, 0) is 23.7 Å². The Balaban J connectivity index is 2.34. The molecule has 0 bridgehead atoms. The van der Waals surface area contributed by atoms with Gasteiger partial charge in [0.25, 0.3) is 0 Å². The van der Waals surface area contributed by atoms with E-state index < -0.39 is 0 Å². The van der Waals surface area contributed by atoms with Gasteiger partial charge in [0.2, 0.25) is 0 Å². The average Bonchev–Trinajstić information content (AvgIpc) is 2.27. The van der Waals surface area contributed by atoms with E-state index in [9.17, 15) is 0 Å². The van der Waals surface area contributed by atoms with Gasteiger partial charge in [-0.1, -0.05) is 66.2 Å². The Labute approximate surface area is 90.5 Å². The molecule has 0 nitrogen and oxygen atoms in total. The van der Waals surface area contributed by atoms with Gasteiger partial charge in [-0.15, -0.1) is 0 Å². The van der Waals surface area contributed by atoms with Crippen LogP contribution >= 0.6 is 0 Å². The van der Waals surface area contributed by atoms with Crippen molar-refractivity contribution in [1.29, 1.82) is 0 Å².